The summed E-state index contributed by atoms with van der Waals surface area (Å²) in [6, 6.07) is 9.03. The van der Waals surface area contributed by atoms with Crippen LogP contribution in [0, 0.1) is 11.6 Å². The summed E-state index contributed by atoms with van der Waals surface area (Å²) in [6.45, 7) is 0.361. The molecular formula is C16H15BrF2N2O2. The van der Waals surface area contributed by atoms with Crippen molar-refractivity contribution in [3.63, 3.8) is 0 Å². The van der Waals surface area contributed by atoms with Crippen LogP contribution in [0.15, 0.2) is 40.9 Å². The van der Waals surface area contributed by atoms with Crippen LogP contribution in [0.2, 0.25) is 0 Å². The van der Waals surface area contributed by atoms with Crippen molar-refractivity contribution in [3.8, 4) is 5.75 Å². The number of anilines is 1. The third kappa shape index (κ3) is 4.41. The zero-order valence-electron chi connectivity index (χ0n) is 12.6. The van der Waals surface area contributed by atoms with Crippen molar-refractivity contribution >= 4 is 27.6 Å². The van der Waals surface area contributed by atoms with E-state index in [-0.39, 0.29) is 5.69 Å². The van der Waals surface area contributed by atoms with E-state index in [1.54, 1.807) is 7.05 Å². The molecule has 0 aliphatic carbocycles. The van der Waals surface area contributed by atoms with E-state index in [9.17, 15) is 13.6 Å². The van der Waals surface area contributed by atoms with Crippen molar-refractivity contribution in [1.82, 2.24) is 4.90 Å². The molecule has 0 heterocycles. The molecule has 0 aromatic heterocycles. The van der Waals surface area contributed by atoms with Crippen LogP contribution in [-0.4, -0.2) is 25.1 Å². The Bertz CT molecular complexity index is 685. The largest absolute Gasteiger partial charge is 0.491 e. The normalized spacial score (nSPS) is 10.3. The summed E-state index contributed by atoms with van der Waals surface area (Å²) >= 11 is 3.34. The molecule has 7 heteroatoms. The summed E-state index contributed by atoms with van der Waals surface area (Å²) in [6.07, 6.45) is 0. The molecule has 2 aromatic rings. The van der Waals surface area contributed by atoms with Gasteiger partial charge >= 0.3 is 6.03 Å². The topological polar surface area (TPSA) is 41.6 Å². The summed E-state index contributed by atoms with van der Waals surface area (Å²) in [4.78, 5) is 13.5. The van der Waals surface area contributed by atoms with Gasteiger partial charge in [0.05, 0.1) is 7.11 Å². The Hall–Kier alpha value is -2.15. The van der Waals surface area contributed by atoms with E-state index in [1.165, 1.54) is 12.0 Å². The SMILES string of the molecule is COc1c(F)cc(NC(=O)N(C)Cc2ccc(Br)cc2)cc1F. The van der Waals surface area contributed by atoms with Gasteiger partial charge in [0.15, 0.2) is 17.4 Å². The molecule has 0 unspecified atom stereocenters. The molecule has 0 aliphatic rings. The highest BCUT2D eigenvalue weighted by atomic mass is 79.9. The number of nitrogens with one attached hydrogen (secondary N) is 1. The number of benzene rings is 2. The molecule has 2 amide bonds. The molecule has 0 aliphatic heterocycles. The number of hydrogen-bond acceptors (Lipinski definition) is 2. The zero-order chi connectivity index (χ0) is 17.0. The average Bonchev–Trinajstić information content (AvgIpc) is 2.49. The van der Waals surface area contributed by atoms with Crippen LogP contribution in [-0.2, 0) is 6.54 Å². The lowest BCUT2D eigenvalue weighted by Gasteiger charge is -2.18. The third-order valence-electron chi connectivity index (χ3n) is 3.13. The second-order valence-electron chi connectivity index (χ2n) is 4.89. The average molecular weight is 385 g/mol. The first-order chi connectivity index (χ1) is 10.9. The first kappa shape index (κ1) is 17.2. The molecule has 0 saturated carbocycles. The van der Waals surface area contributed by atoms with E-state index in [2.05, 4.69) is 26.0 Å². The monoisotopic (exact) mass is 384 g/mol. The molecule has 2 aromatic carbocycles. The number of rotatable bonds is 4. The fourth-order valence-corrected chi connectivity index (χ4v) is 2.25. The lowest BCUT2D eigenvalue weighted by molar-refractivity contribution is 0.220. The highest BCUT2D eigenvalue weighted by Crippen LogP contribution is 2.25. The first-order valence-electron chi connectivity index (χ1n) is 6.70. The Balaban J connectivity index is 2.05. The van der Waals surface area contributed by atoms with Crippen molar-refractivity contribution in [2.24, 2.45) is 0 Å². The smallest absolute Gasteiger partial charge is 0.321 e. The summed E-state index contributed by atoms with van der Waals surface area (Å²) < 4.78 is 32.8. The molecule has 23 heavy (non-hydrogen) atoms. The number of nitrogens with zero attached hydrogens (tertiary/aromatic N) is 1. The van der Waals surface area contributed by atoms with Gasteiger partial charge in [-0.25, -0.2) is 13.6 Å². The minimum atomic E-state index is -0.877. The van der Waals surface area contributed by atoms with Gasteiger partial charge in [-0.3, -0.25) is 0 Å². The Kier molecular flexibility index (Phi) is 5.54. The van der Waals surface area contributed by atoms with Crippen LogP contribution in [0.1, 0.15) is 5.56 Å². The highest BCUT2D eigenvalue weighted by Gasteiger charge is 2.15. The van der Waals surface area contributed by atoms with Crippen LogP contribution in [0.25, 0.3) is 0 Å². The minimum absolute atomic E-state index is 0.0217. The van der Waals surface area contributed by atoms with Crippen molar-refractivity contribution < 1.29 is 18.3 Å². The fourth-order valence-electron chi connectivity index (χ4n) is 1.98. The Morgan fingerprint density at radius 3 is 2.30 bits per heavy atom. The Morgan fingerprint density at radius 2 is 1.78 bits per heavy atom. The van der Waals surface area contributed by atoms with E-state index in [0.717, 1.165) is 22.2 Å². The van der Waals surface area contributed by atoms with E-state index in [0.29, 0.717) is 6.54 Å². The zero-order valence-corrected chi connectivity index (χ0v) is 14.2. The van der Waals surface area contributed by atoms with Crippen molar-refractivity contribution in [2.45, 2.75) is 6.54 Å². The van der Waals surface area contributed by atoms with Gasteiger partial charge in [-0.15, -0.1) is 0 Å². The second-order valence-corrected chi connectivity index (χ2v) is 5.80. The van der Waals surface area contributed by atoms with Crippen LogP contribution >= 0.6 is 15.9 Å². The maximum absolute atomic E-state index is 13.6. The molecule has 122 valence electrons. The first-order valence-corrected chi connectivity index (χ1v) is 7.49. The lowest BCUT2D eigenvalue weighted by atomic mass is 10.2. The Morgan fingerprint density at radius 1 is 1.22 bits per heavy atom. The molecular weight excluding hydrogens is 370 g/mol. The summed E-state index contributed by atoms with van der Waals surface area (Å²) in [7, 11) is 2.76. The maximum atomic E-state index is 13.6. The third-order valence-corrected chi connectivity index (χ3v) is 3.66. The number of carbonyl (C=O) groups excluding carboxylic acids is 1. The number of methoxy groups -OCH3 is 1. The molecule has 2 rings (SSSR count). The van der Waals surface area contributed by atoms with Gasteiger partial charge in [-0.05, 0) is 17.7 Å². The summed E-state index contributed by atoms with van der Waals surface area (Å²) in [5.41, 5.74) is 0.950. The van der Waals surface area contributed by atoms with E-state index in [1.807, 2.05) is 24.3 Å². The molecule has 0 atom stereocenters. The summed E-state index contributed by atoms with van der Waals surface area (Å²) in [5.74, 6) is -2.23. The van der Waals surface area contributed by atoms with E-state index < -0.39 is 23.4 Å². The predicted octanol–water partition coefficient (Wildman–Crippen LogP) is 4.40. The van der Waals surface area contributed by atoms with Crippen molar-refractivity contribution in [2.75, 3.05) is 19.5 Å². The molecule has 0 fully saturated rings. The molecule has 0 radical (unpaired) electrons. The van der Waals surface area contributed by atoms with Crippen molar-refractivity contribution in [1.29, 1.82) is 0 Å². The van der Waals surface area contributed by atoms with Gasteiger partial charge in [-0.1, -0.05) is 28.1 Å². The molecule has 0 saturated heterocycles. The van der Waals surface area contributed by atoms with Gasteiger partial charge in [0.2, 0.25) is 0 Å². The van der Waals surface area contributed by atoms with Gasteiger partial charge in [0, 0.05) is 35.9 Å². The fraction of sp³-hybridized carbons (Fsp3) is 0.188. The molecule has 4 nitrogen and oxygen atoms in total. The number of amides is 2. The highest BCUT2D eigenvalue weighted by molar-refractivity contribution is 9.10. The predicted molar refractivity (Wildman–Crippen MR) is 87.5 cm³/mol. The quantitative estimate of drug-likeness (QED) is 0.848. The summed E-state index contributed by atoms with van der Waals surface area (Å²) in [5, 5.41) is 2.45. The van der Waals surface area contributed by atoms with E-state index in [4.69, 9.17) is 0 Å². The maximum Gasteiger partial charge on any atom is 0.321 e. The number of urea groups is 1. The van der Waals surface area contributed by atoms with E-state index >= 15 is 0 Å². The Labute approximate surface area is 141 Å². The molecule has 0 bridgehead atoms. The number of halogens is 3. The number of carbonyl (C=O) groups is 1. The standard InChI is InChI=1S/C16H15BrF2N2O2/c1-21(9-10-3-5-11(17)6-4-10)16(22)20-12-7-13(18)15(23-2)14(19)8-12/h3-8H,9H2,1-2H3,(H,20,22). The van der Waals surface area contributed by atoms with Crippen molar-refractivity contribution in [3.05, 3.63) is 58.1 Å². The van der Waals surface area contributed by atoms with Gasteiger partial charge < -0.3 is 15.0 Å². The van der Waals surface area contributed by atoms with Crippen LogP contribution < -0.4 is 10.1 Å². The lowest BCUT2D eigenvalue weighted by Crippen LogP contribution is -2.30. The van der Waals surface area contributed by atoms with Gasteiger partial charge in [0.25, 0.3) is 0 Å². The molecule has 0 spiro atoms. The van der Waals surface area contributed by atoms with Crippen LogP contribution in [0.4, 0.5) is 19.3 Å². The van der Waals surface area contributed by atoms with Gasteiger partial charge in [0.1, 0.15) is 0 Å². The van der Waals surface area contributed by atoms with Crippen LogP contribution in [0.5, 0.6) is 5.75 Å². The van der Waals surface area contributed by atoms with Crippen LogP contribution in [0.3, 0.4) is 0 Å². The minimum Gasteiger partial charge on any atom is -0.491 e. The number of ether oxygens (including phenoxy) is 1. The second kappa shape index (κ2) is 7.41. The van der Waals surface area contributed by atoms with Gasteiger partial charge in [-0.2, -0.15) is 0 Å². The molecule has 1 N–H and O–H groups in total. The number of hydrogen-bond donors (Lipinski definition) is 1.